The predicted octanol–water partition coefficient (Wildman–Crippen LogP) is 3.53. The number of fused-ring (bicyclic) bond motifs is 1. The number of aryl methyl sites for hydroxylation is 1. The number of rotatable bonds is 6. The summed E-state index contributed by atoms with van der Waals surface area (Å²) in [4.78, 5) is 32.8. The van der Waals surface area contributed by atoms with E-state index in [4.69, 9.17) is 11.6 Å². The fourth-order valence-electron chi connectivity index (χ4n) is 2.89. The Balaban J connectivity index is 2.12. The Bertz CT molecular complexity index is 1080. The summed E-state index contributed by atoms with van der Waals surface area (Å²) in [6.07, 6.45) is 5.12. The SMILES string of the molecule is CCCn1c(=O)c2[nH]c(/C=C/c3cccc(Cl)c3)nc2n(CCC)c1=O. The van der Waals surface area contributed by atoms with Gasteiger partial charge in [-0.25, -0.2) is 9.78 Å². The molecular formula is C19H21ClN4O2. The average Bonchev–Trinajstić information content (AvgIpc) is 3.05. The summed E-state index contributed by atoms with van der Waals surface area (Å²) in [6.45, 7) is 4.83. The van der Waals surface area contributed by atoms with Gasteiger partial charge in [-0.3, -0.25) is 13.9 Å². The number of hydrogen-bond donors (Lipinski definition) is 1. The van der Waals surface area contributed by atoms with Crippen molar-refractivity contribution in [2.75, 3.05) is 0 Å². The van der Waals surface area contributed by atoms with E-state index in [9.17, 15) is 9.59 Å². The number of nitrogens with zero attached hydrogens (tertiary/aromatic N) is 3. The van der Waals surface area contributed by atoms with E-state index in [1.165, 1.54) is 4.57 Å². The molecule has 26 heavy (non-hydrogen) atoms. The van der Waals surface area contributed by atoms with Gasteiger partial charge in [0, 0.05) is 18.1 Å². The van der Waals surface area contributed by atoms with Gasteiger partial charge in [0.25, 0.3) is 5.56 Å². The largest absolute Gasteiger partial charge is 0.333 e. The van der Waals surface area contributed by atoms with E-state index in [0.29, 0.717) is 41.5 Å². The Kier molecular flexibility index (Phi) is 5.42. The van der Waals surface area contributed by atoms with Crippen LogP contribution in [-0.4, -0.2) is 19.1 Å². The molecule has 0 saturated carbocycles. The fraction of sp³-hybridized carbons (Fsp3) is 0.316. The quantitative estimate of drug-likeness (QED) is 0.719. The third kappa shape index (κ3) is 3.51. The molecule has 0 amide bonds. The zero-order valence-corrected chi connectivity index (χ0v) is 15.6. The van der Waals surface area contributed by atoms with Gasteiger partial charge in [0.15, 0.2) is 5.65 Å². The van der Waals surface area contributed by atoms with Gasteiger partial charge < -0.3 is 4.98 Å². The van der Waals surface area contributed by atoms with Crippen LogP contribution in [0.25, 0.3) is 23.3 Å². The van der Waals surface area contributed by atoms with Crippen molar-refractivity contribution in [3.8, 4) is 0 Å². The molecule has 1 N–H and O–H groups in total. The van der Waals surface area contributed by atoms with Crippen molar-refractivity contribution in [2.45, 2.75) is 39.8 Å². The normalized spacial score (nSPS) is 11.7. The van der Waals surface area contributed by atoms with Gasteiger partial charge in [-0.15, -0.1) is 0 Å². The summed E-state index contributed by atoms with van der Waals surface area (Å²) < 4.78 is 2.85. The molecule has 0 aliphatic rings. The first-order valence-corrected chi connectivity index (χ1v) is 9.10. The van der Waals surface area contributed by atoms with Crippen LogP contribution >= 0.6 is 11.6 Å². The number of halogens is 1. The molecule has 3 rings (SSSR count). The molecule has 1 aromatic carbocycles. The van der Waals surface area contributed by atoms with Crippen molar-refractivity contribution >= 4 is 34.9 Å². The third-order valence-electron chi connectivity index (χ3n) is 4.06. The van der Waals surface area contributed by atoms with Gasteiger partial charge in [-0.2, -0.15) is 0 Å². The number of H-pyrrole nitrogens is 1. The van der Waals surface area contributed by atoms with Crippen LogP contribution in [0.2, 0.25) is 5.02 Å². The molecule has 136 valence electrons. The molecule has 2 heterocycles. The van der Waals surface area contributed by atoms with Crippen molar-refractivity contribution in [1.82, 2.24) is 19.1 Å². The maximum atomic E-state index is 12.7. The van der Waals surface area contributed by atoms with Gasteiger partial charge >= 0.3 is 5.69 Å². The van der Waals surface area contributed by atoms with Crippen molar-refractivity contribution in [2.24, 2.45) is 0 Å². The lowest BCUT2D eigenvalue weighted by Crippen LogP contribution is -2.40. The number of imidazole rings is 1. The predicted molar refractivity (Wildman–Crippen MR) is 106 cm³/mol. The van der Waals surface area contributed by atoms with Crippen molar-refractivity contribution in [3.63, 3.8) is 0 Å². The highest BCUT2D eigenvalue weighted by Crippen LogP contribution is 2.14. The van der Waals surface area contributed by atoms with Crippen molar-refractivity contribution in [3.05, 3.63) is 61.5 Å². The molecule has 0 bridgehead atoms. The molecule has 0 spiro atoms. The minimum absolute atomic E-state index is 0.303. The van der Waals surface area contributed by atoms with Crippen LogP contribution in [0.1, 0.15) is 38.1 Å². The van der Waals surface area contributed by atoms with Crippen LogP contribution in [0.3, 0.4) is 0 Å². The van der Waals surface area contributed by atoms with E-state index < -0.39 is 0 Å². The molecule has 0 atom stereocenters. The highest BCUT2D eigenvalue weighted by atomic mass is 35.5. The molecule has 7 heteroatoms. The Labute approximate surface area is 155 Å². The van der Waals surface area contributed by atoms with Crippen molar-refractivity contribution in [1.29, 1.82) is 0 Å². The molecule has 3 aromatic rings. The van der Waals surface area contributed by atoms with E-state index in [1.54, 1.807) is 16.7 Å². The second kappa shape index (κ2) is 7.74. The van der Waals surface area contributed by atoms with Crippen LogP contribution in [0, 0.1) is 0 Å². The standard InChI is InChI=1S/C19H21ClN4O2/c1-3-10-23-17-16(18(25)24(11-4-2)19(23)26)21-15(22-17)9-8-13-6-5-7-14(20)12-13/h5-9,12H,3-4,10-11H2,1-2H3,(H,21,22)/b9-8+. The monoisotopic (exact) mass is 372 g/mol. The van der Waals surface area contributed by atoms with Crippen LogP contribution in [-0.2, 0) is 13.1 Å². The zero-order valence-electron chi connectivity index (χ0n) is 14.8. The summed E-state index contributed by atoms with van der Waals surface area (Å²) in [6, 6.07) is 7.43. The Hall–Kier alpha value is -2.60. The first kappa shape index (κ1) is 18.2. The summed E-state index contributed by atoms with van der Waals surface area (Å²) in [7, 11) is 0. The number of hydrogen-bond acceptors (Lipinski definition) is 3. The van der Waals surface area contributed by atoms with E-state index in [1.807, 2.05) is 38.1 Å². The lowest BCUT2D eigenvalue weighted by atomic mass is 10.2. The average molecular weight is 373 g/mol. The molecule has 2 aromatic heterocycles. The van der Waals surface area contributed by atoms with Crippen LogP contribution in [0.4, 0.5) is 0 Å². The van der Waals surface area contributed by atoms with Crippen LogP contribution in [0.15, 0.2) is 33.9 Å². The molecular weight excluding hydrogens is 352 g/mol. The minimum Gasteiger partial charge on any atom is -0.333 e. The van der Waals surface area contributed by atoms with Gasteiger partial charge in [-0.1, -0.05) is 43.7 Å². The first-order valence-electron chi connectivity index (χ1n) is 8.72. The maximum Gasteiger partial charge on any atom is 0.332 e. The van der Waals surface area contributed by atoms with Gasteiger partial charge in [-0.05, 0) is 36.6 Å². The smallest absolute Gasteiger partial charge is 0.332 e. The van der Waals surface area contributed by atoms with Crippen LogP contribution in [0.5, 0.6) is 0 Å². The number of aromatic nitrogens is 4. The number of aromatic amines is 1. The van der Waals surface area contributed by atoms with E-state index in [2.05, 4.69) is 9.97 Å². The highest BCUT2D eigenvalue weighted by Gasteiger charge is 2.15. The molecule has 0 radical (unpaired) electrons. The second-order valence-corrected chi connectivity index (χ2v) is 6.54. The second-order valence-electron chi connectivity index (χ2n) is 6.10. The summed E-state index contributed by atoms with van der Waals surface area (Å²) in [5.74, 6) is 0.524. The lowest BCUT2D eigenvalue weighted by Gasteiger charge is -2.09. The topological polar surface area (TPSA) is 72.7 Å². The molecule has 0 aliphatic carbocycles. The number of nitrogens with one attached hydrogen (secondary N) is 1. The molecule has 0 unspecified atom stereocenters. The van der Waals surface area contributed by atoms with E-state index >= 15 is 0 Å². The molecule has 0 aliphatic heterocycles. The van der Waals surface area contributed by atoms with Crippen molar-refractivity contribution < 1.29 is 0 Å². The summed E-state index contributed by atoms with van der Waals surface area (Å²) in [5, 5.41) is 0.649. The Morgan fingerprint density at radius 2 is 1.85 bits per heavy atom. The summed E-state index contributed by atoms with van der Waals surface area (Å²) >= 11 is 5.99. The van der Waals surface area contributed by atoms with Crippen LogP contribution < -0.4 is 11.2 Å². The Morgan fingerprint density at radius 1 is 1.12 bits per heavy atom. The Morgan fingerprint density at radius 3 is 2.54 bits per heavy atom. The minimum atomic E-state index is -0.325. The van der Waals surface area contributed by atoms with Gasteiger partial charge in [0.05, 0.1) is 0 Å². The maximum absolute atomic E-state index is 12.7. The molecule has 0 saturated heterocycles. The van der Waals surface area contributed by atoms with Gasteiger partial charge in [0.2, 0.25) is 0 Å². The lowest BCUT2D eigenvalue weighted by molar-refractivity contribution is 0.555. The molecule has 0 fully saturated rings. The van der Waals surface area contributed by atoms with E-state index in [0.717, 1.165) is 12.0 Å². The number of benzene rings is 1. The zero-order chi connectivity index (χ0) is 18.7. The fourth-order valence-corrected chi connectivity index (χ4v) is 3.09. The first-order chi connectivity index (χ1) is 12.5. The highest BCUT2D eigenvalue weighted by molar-refractivity contribution is 6.30. The summed E-state index contributed by atoms with van der Waals surface area (Å²) in [5.41, 5.74) is 1.06. The third-order valence-corrected chi connectivity index (χ3v) is 4.29. The molecule has 6 nitrogen and oxygen atoms in total. The van der Waals surface area contributed by atoms with E-state index in [-0.39, 0.29) is 11.2 Å². The van der Waals surface area contributed by atoms with Gasteiger partial charge in [0.1, 0.15) is 11.3 Å².